The SMILES string of the molecule is Cc1c(C(C)C)cc(C(C)(C)C)cc1C(C)C.Cc1c(C(C)C)cc(CC(C)(C)C)cc1C(C)C.Cc1c(C(C)C)cc(CC(C)C)cc1C(C)C. The summed E-state index contributed by atoms with van der Waals surface area (Å²) in [6.45, 7) is 52.8. The minimum Gasteiger partial charge on any atom is -0.0625 e. The maximum Gasteiger partial charge on any atom is -0.0132 e. The highest BCUT2D eigenvalue weighted by atomic mass is 14.3. The van der Waals surface area contributed by atoms with Crippen LogP contribution in [0.1, 0.15) is 241 Å². The second-order valence-corrected chi connectivity index (χ2v) is 20.6. The van der Waals surface area contributed by atoms with E-state index in [1.54, 1.807) is 0 Å². The van der Waals surface area contributed by atoms with Crippen LogP contribution in [-0.2, 0) is 18.3 Å². The summed E-state index contributed by atoms with van der Waals surface area (Å²) in [5.74, 6) is 4.42. The molecule has 0 saturated heterocycles. The summed E-state index contributed by atoms with van der Waals surface area (Å²) in [7, 11) is 0. The van der Waals surface area contributed by atoms with Crippen LogP contribution < -0.4 is 0 Å². The molecule has 294 valence electrons. The summed E-state index contributed by atoms with van der Waals surface area (Å²) in [5, 5.41) is 0. The van der Waals surface area contributed by atoms with Crippen LogP contribution in [0.25, 0.3) is 0 Å². The number of hydrogen-bond acceptors (Lipinski definition) is 0. The predicted octanol–water partition coefficient (Wildman–Crippen LogP) is 16.8. The highest BCUT2D eigenvalue weighted by molar-refractivity contribution is 5.45. The van der Waals surface area contributed by atoms with Crippen LogP contribution in [0.2, 0.25) is 0 Å². The third kappa shape index (κ3) is 14.5. The molecule has 3 aromatic rings. The van der Waals surface area contributed by atoms with Gasteiger partial charge in [0.25, 0.3) is 0 Å². The molecule has 3 aromatic carbocycles. The fourth-order valence-corrected chi connectivity index (χ4v) is 7.74. The Kier molecular flexibility index (Phi) is 18.2. The van der Waals surface area contributed by atoms with Gasteiger partial charge in [-0.15, -0.1) is 0 Å². The van der Waals surface area contributed by atoms with Crippen molar-refractivity contribution in [3.63, 3.8) is 0 Å². The second kappa shape index (κ2) is 19.8. The molecular formula is C52H86. The highest BCUT2D eigenvalue weighted by Gasteiger charge is 2.20. The standard InChI is InChI=1S/C18H30.2C17H28/c1-12(2)16-9-15(11-18(6,7)8)10-17(13(3)4)14(16)5;1-11(2)15-9-14(17(6,7)8)10-16(12(3)4)13(15)5;1-11(2)8-15-9-16(12(3)4)14(7)17(10-15)13(5)6/h9-10,12-13H,11H2,1-8H3;9-12H,1-8H3;9-13H,8H2,1-7H3. The molecule has 0 aliphatic rings. The van der Waals surface area contributed by atoms with Crippen molar-refractivity contribution in [3.05, 3.63) is 103 Å². The van der Waals surface area contributed by atoms with Gasteiger partial charge >= 0.3 is 0 Å². The lowest BCUT2D eigenvalue weighted by Crippen LogP contribution is -2.14. The van der Waals surface area contributed by atoms with Crippen LogP contribution >= 0.6 is 0 Å². The molecule has 0 N–H and O–H groups in total. The Morgan fingerprint density at radius 1 is 0.385 bits per heavy atom. The topological polar surface area (TPSA) is 0 Å². The van der Waals surface area contributed by atoms with Crippen LogP contribution in [0.4, 0.5) is 0 Å². The van der Waals surface area contributed by atoms with Crippen LogP contribution in [0.15, 0.2) is 36.4 Å². The Labute approximate surface area is 326 Å². The molecule has 0 unspecified atom stereocenters. The van der Waals surface area contributed by atoms with Crippen LogP contribution in [0.5, 0.6) is 0 Å². The molecule has 0 amide bonds. The largest absolute Gasteiger partial charge is 0.0625 e. The van der Waals surface area contributed by atoms with Gasteiger partial charge in [-0.25, -0.2) is 0 Å². The first-order valence-electron chi connectivity index (χ1n) is 21.0. The fraction of sp³-hybridized carbons (Fsp3) is 0.654. The monoisotopic (exact) mass is 711 g/mol. The van der Waals surface area contributed by atoms with Gasteiger partial charge in [-0.3, -0.25) is 0 Å². The van der Waals surface area contributed by atoms with E-state index in [-0.39, 0.29) is 5.41 Å². The molecule has 52 heavy (non-hydrogen) atoms. The van der Waals surface area contributed by atoms with Crippen molar-refractivity contribution in [3.8, 4) is 0 Å². The van der Waals surface area contributed by atoms with E-state index in [4.69, 9.17) is 0 Å². The Bertz CT molecular complexity index is 1450. The molecule has 0 aromatic heterocycles. The zero-order chi connectivity index (χ0) is 40.6. The molecule has 0 spiro atoms. The van der Waals surface area contributed by atoms with E-state index in [0.29, 0.717) is 40.9 Å². The zero-order valence-corrected chi connectivity index (χ0v) is 38.9. The minimum absolute atomic E-state index is 0.237. The normalized spacial score (nSPS) is 12.3. The molecular weight excluding hydrogens is 625 g/mol. The maximum absolute atomic E-state index is 2.43. The Morgan fingerprint density at radius 2 is 0.635 bits per heavy atom. The number of rotatable bonds is 9. The molecule has 0 heterocycles. The third-order valence-electron chi connectivity index (χ3n) is 10.6. The van der Waals surface area contributed by atoms with Crippen LogP contribution in [0, 0.1) is 32.1 Å². The van der Waals surface area contributed by atoms with Crippen molar-refractivity contribution in [2.45, 2.75) is 213 Å². The van der Waals surface area contributed by atoms with E-state index in [2.05, 4.69) is 196 Å². The summed E-state index contributed by atoms with van der Waals surface area (Å²) in [6.07, 6.45) is 2.35. The summed E-state index contributed by atoms with van der Waals surface area (Å²) in [6, 6.07) is 14.5. The highest BCUT2D eigenvalue weighted by Crippen LogP contribution is 2.34. The summed E-state index contributed by atoms with van der Waals surface area (Å²) in [5.41, 5.74) is 18.7. The van der Waals surface area contributed by atoms with Gasteiger partial charge < -0.3 is 0 Å². The lowest BCUT2D eigenvalue weighted by atomic mass is 9.80. The van der Waals surface area contributed by atoms with Gasteiger partial charge in [0.1, 0.15) is 0 Å². The van der Waals surface area contributed by atoms with Crippen molar-refractivity contribution in [1.82, 2.24) is 0 Å². The molecule has 0 saturated carbocycles. The lowest BCUT2D eigenvalue weighted by Gasteiger charge is -2.25. The molecule has 0 aliphatic heterocycles. The van der Waals surface area contributed by atoms with Gasteiger partial charge in [-0.2, -0.15) is 0 Å². The molecule has 0 fully saturated rings. The Balaban J connectivity index is 0.000000390. The summed E-state index contributed by atoms with van der Waals surface area (Å²) < 4.78 is 0. The quantitative estimate of drug-likeness (QED) is 0.207. The van der Waals surface area contributed by atoms with Gasteiger partial charge in [0.05, 0.1) is 0 Å². The van der Waals surface area contributed by atoms with E-state index < -0.39 is 0 Å². The molecule has 0 radical (unpaired) electrons. The van der Waals surface area contributed by atoms with Crippen molar-refractivity contribution >= 4 is 0 Å². The average molecular weight is 711 g/mol. The third-order valence-corrected chi connectivity index (χ3v) is 10.6. The summed E-state index contributed by atoms with van der Waals surface area (Å²) >= 11 is 0. The van der Waals surface area contributed by atoms with Gasteiger partial charge in [-0.05, 0) is 153 Å². The van der Waals surface area contributed by atoms with Gasteiger partial charge in [0.2, 0.25) is 0 Å². The number of hydrogen-bond donors (Lipinski definition) is 0. The molecule has 0 nitrogen and oxygen atoms in total. The molecule has 3 rings (SSSR count). The lowest BCUT2D eigenvalue weighted by molar-refractivity contribution is 0.411. The van der Waals surface area contributed by atoms with E-state index in [1.807, 2.05) is 0 Å². The van der Waals surface area contributed by atoms with Crippen molar-refractivity contribution in [2.75, 3.05) is 0 Å². The van der Waals surface area contributed by atoms with E-state index in [0.717, 1.165) is 12.3 Å². The predicted molar refractivity (Wildman–Crippen MR) is 238 cm³/mol. The second-order valence-electron chi connectivity index (χ2n) is 20.6. The van der Waals surface area contributed by atoms with Crippen LogP contribution in [0.3, 0.4) is 0 Å². The zero-order valence-electron chi connectivity index (χ0n) is 38.9. The van der Waals surface area contributed by atoms with Crippen molar-refractivity contribution in [2.24, 2.45) is 11.3 Å². The Morgan fingerprint density at radius 3 is 0.846 bits per heavy atom. The smallest absolute Gasteiger partial charge is 0.0132 e. The fourth-order valence-electron chi connectivity index (χ4n) is 7.74. The van der Waals surface area contributed by atoms with E-state index in [9.17, 15) is 0 Å². The molecule has 0 aliphatic carbocycles. The van der Waals surface area contributed by atoms with Gasteiger partial charge in [0.15, 0.2) is 0 Å². The van der Waals surface area contributed by atoms with Crippen LogP contribution in [-0.4, -0.2) is 0 Å². The first-order valence-corrected chi connectivity index (χ1v) is 21.0. The first kappa shape index (κ1) is 47.7. The Hall–Kier alpha value is -2.34. The maximum atomic E-state index is 2.43. The summed E-state index contributed by atoms with van der Waals surface area (Å²) in [4.78, 5) is 0. The molecule has 0 bridgehead atoms. The average Bonchev–Trinajstić information content (AvgIpc) is 2.97. The first-order chi connectivity index (χ1) is 23.6. The minimum atomic E-state index is 0.237. The molecule has 0 heteroatoms. The van der Waals surface area contributed by atoms with E-state index in [1.165, 1.54) is 73.2 Å². The number of benzene rings is 3. The van der Waals surface area contributed by atoms with E-state index >= 15 is 0 Å². The van der Waals surface area contributed by atoms with Gasteiger partial charge in [-0.1, -0.05) is 175 Å². The van der Waals surface area contributed by atoms with Crippen molar-refractivity contribution < 1.29 is 0 Å². The van der Waals surface area contributed by atoms with Gasteiger partial charge in [0, 0.05) is 0 Å². The molecule has 0 atom stereocenters. The van der Waals surface area contributed by atoms with Crippen molar-refractivity contribution in [1.29, 1.82) is 0 Å².